The van der Waals surface area contributed by atoms with Crippen LogP contribution >= 0.6 is 0 Å². The van der Waals surface area contributed by atoms with Gasteiger partial charge in [-0.15, -0.1) is 0 Å². The zero-order valence-corrected chi connectivity index (χ0v) is 11.9. The molecule has 1 aliphatic carbocycles. The van der Waals surface area contributed by atoms with E-state index in [0.29, 0.717) is 19.3 Å². The standard InChI is InChI=1S/C16H25NO2/c1-18-12-13-19-16-10-8-15(9-11-16)17-14-6-4-2-3-5-7-14/h8-11,14,17H,2-7,12-13H2,1H3. The molecule has 2 rings (SSSR count). The maximum Gasteiger partial charge on any atom is 0.119 e. The van der Waals surface area contributed by atoms with Crippen molar-refractivity contribution in [1.29, 1.82) is 0 Å². The molecule has 0 saturated heterocycles. The highest BCUT2D eigenvalue weighted by Gasteiger charge is 2.11. The SMILES string of the molecule is COCCOc1ccc(NC2CCCCCC2)cc1. The fourth-order valence-electron chi connectivity index (χ4n) is 2.55. The Labute approximate surface area is 116 Å². The van der Waals surface area contributed by atoms with Crippen LogP contribution in [0.2, 0.25) is 0 Å². The van der Waals surface area contributed by atoms with Crippen molar-refractivity contribution >= 4 is 5.69 Å². The van der Waals surface area contributed by atoms with Gasteiger partial charge in [-0.1, -0.05) is 25.7 Å². The molecule has 1 N–H and O–H groups in total. The van der Waals surface area contributed by atoms with Crippen LogP contribution < -0.4 is 10.1 Å². The lowest BCUT2D eigenvalue weighted by Gasteiger charge is -2.17. The fraction of sp³-hybridized carbons (Fsp3) is 0.625. The van der Waals surface area contributed by atoms with E-state index >= 15 is 0 Å². The zero-order chi connectivity index (χ0) is 13.3. The third-order valence-corrected chi connectivity index (χ3v) is 3.64. The van der Waals surface area contributed by atoms with E-state index in [1.165, 1.54) is 44.2 Å². The van der Waals surface area contributed by atoms with E-state index in [0.717, 1.165) is 5.75 Å². The normalized spacial score (nSPS) is 16.9. The minimum Gasteiger partial charge on any atom is -0.491 e. The number of anilines is 1. The summed E-state index contributed by atoms with van der Waals surface area (Å²) in [5.41, 5.74) is 1.20. The first-order valence-corrected chi connectivity index (χ1v) is 7.37. The molecule has 19 heavy (non-hydrogen) atoms. The molecule has 106 valence electrons. The van der Waals surface area contributed by atoms with Crippen LogP contribution in [0, 0.1) is 0 Å². The van der Waals surface area contributed by atoms with Crippen LogP contribution in [0.4, 0.5) is 5.69 Å². The third-order valence-electron chi connectivity index (χ3n) is 3.64. The molecule has 0 unspecified atom stereocenters. The molecule has 0 aromatic heterocycles. The van der Waals surface area contributed by atoms with E-state index < -0.39 is 0 Å². The summed E-state index contributed by atoms with van der Waals surface area (Å²) in [6, 6.07) is 8.89. The smallest absolute Gasteiger partial charge is 0.119 e. The van der Waals surface area contributed by atoms with Crippen molar-refractivity contribution in [3.05, 3.63) is 24.3 Å². The van der Waals surface area contributed by atoms with Crippen molar-refractivity contribution in [3.63, 3.8) is 0 Å². The van der Waals surface area contributed by atoms with Gasteiger partial charge in [-0.05, 0) is 37.1 Å². The molecule has 1 fully saturated rings. The molecule has 0 aliphatic heterocycles. The summed E-state index contributed by atoms with van der Waals surface area (Å²) >= 11 is 0. The van der Waals surface area contributed by atoms with Crippen LogP contribution in [-0.4, -0.2) is 26.4 Å². The molecule has 0 radical (unpaired) electrons. The van der Waals surface area contributed by atoms with Gasteiger partial charge in [-0.25, -0.2) is 0 Å². The van der Waals surface area contributed by atoms with Crippen molar-refractivity contribution in [2.24, 2.45) is 0 Å². The first kappa shape index (κ1) is 14.2. The van der Waals surface area contributed by atoms with Crippen LogP contribution in [0.5, 0.6) is 5.75 Å². The monoisotopic (exact) mass is 263 g/mol. The summed E-state index contributed by atoms with van der Waals surface area (Å²) in [7, 11) is 1.68. The van der Waals surface area contributed by atoms with Crippen molar-refractivity contribution in [2.75, 3.05) is 25.6 Å². The number of hydrogen-bond acceptors (Lipinski definition) is 3. The Hall–Kier alpha value is -1.22. The van der Waals surface area contributed by atoms with Crippen molar-refractivity contribution < 1.29 is 9.47 Å². The molecule has 1 saturated carbocycles. The van der Waals surface area contributed by atoms with E-state index in [4.69, 9.17) is 9.47 Å². The largest absolute Gasteiger partial charge is 0.491 e. The third kappa shape index (κ3) is 5.11. The number of benzene rings is 1. The lowest BCUT2D eigenvalue weighted by atomic mass is 10.1. The van der Waals surface area contributed by atoms with Crippen LogP contribution in [0.3, 0.4) is 0 Å². The summed E-state index contributed by atoms with van der Waals surface area (Å²) in [6.45, 7) is 1.23. The van der Waals surface area contributed by atoms with Gasteiger partial charge in [0.15, 0.2) is 0 Å². The highest BCUT2D eigenvalue weighted by Crippen LogP contribution is 2.22. The first-order chi connectivity index (χ1) is 9.38. The van der Waals surface area contributed by atoms with E-state index in [-0.39, 0.29) is 0 Å². The van der Waals surface area contributed by atoms with Crippen molar-refractivity contribution in [1.82, 2.24) is 0 Å². The van der Waals surface area contributed by atoms with Gasteiger partial charge in [-0.3, -0.25) is 0 Å². The van der Waals surface area contributed by atoms with E-state index in [1.54, 1.807) is 7.11 Å². The van der Waals surface area contributed by atoms with Gasteiger partial charge in [-0.2, -0.15) is 0 Å². The second-order valence-corrected chi connectivity index (χ2v) is 5.20. The van der Waals surface area contributed by atoms with Crippen molar-refractivity contribution in [3.8, 4) is 5.75 Å². The molecule has 0 bridgehead atoms. The maximum absolute atomic E-state index is 5.56. The number of nitrogens with one attached hydrogen (secondary N) is 1. The Morgan fingerprint density at radius 3 is 2.32 bits per heavy atom. The summed E-state index contributed by atoms with van der Waals surface area (Å²) in [5, 5.41) is 3.64. The Balaban J connectivity index is 1.80. The predicted molar refractivity (Wildman–Crippen MR) is 78.9 cm³/mol. The molecule has 3 nitrogen and oxygen atoms in total. The van der Waals surface area contributed by atoms with Gasteiger partial charge in [0, 0.05) is 18.8 Å². The average Bonchev–Trinajstić information content (AvgIpc) is 2.70. The highest BCUT2D eigenvalue weighted by molar-refractivity contribution is 5.47. The molecule has 0 heterocycles. The molecule has 0 spiro atoms. The Kier molecular flexibility index (Phi) is 6.02. The fourth-order valence-corrected chi connectivity index (χ4v) is 2.55. The van der Waals surface area contributed by atoms with E-state index in [2.05, 4.69) is 17.4 Å². The first-order valence-electron chi connectivity index (χ1n) is 7.37. The number of ether oxygens (including phenoxy) is 2. The van der Waals surface area contributed by atoms with Gasteiger partial charge in [0.1, 0.15) is 12.4 Å². The van der Waals surface area contributed by atoms with Crippen LogP contribution in [-0.2, 0) is 4.74 Å². The van der Waals surface area contributed by atoms with Crippen LogP contribution in [0.1, 0.15) is 38.5 Å². The predicted octanol–water partition coefficient (Wildman–Crippen LogP) is 3.85. The van der Waals surface area contributed by atoms with Gasteiger partial charge in [0.05, 0.1) is 6.61 Å². The maximum atomic E-state index is 5.56. The lowest BCUT2D eigenvalue weighted by molar-refractivity contribution is 0.146. The quantitative estimate of drug-likeness (QED) is 0.624. The molecular formula is C16H25NO2. The molecular weight excluding hydrogens is 238 g/mol. The van der Waals surface area contributed by atoms with E-state index in [9.17, 15) is 0 Å². The molecule has 0 atom stereocenters. The van der Waals surface area contributed by atoms with Crippen LogP contribution in [0.15, 0.2) is 24.3 Å². The second kappa shape index (κ2) is 8.05. The molecule has 1 aromatic rings. The van der Waals surface area contributed by atoms with E-state index in [1.807, 2.05) is 12.1 Å². The second-order valence-electron chi connectivity index (χ2n) is 5.20. The number of methoxy groups -OCH3 is 1. The minimum atomic E-state index is 0.603. The van der Waals surface area contributed by atoms with Crippen LogP contribution in [0.25, 0.3) is 0 Å². The summed E-state index contributed by atoms with van der Waals surface area (Å²) in [4.78, 5) is 0. The molecule has 1 aromatic carbocycles. The van der Waals surface area contributed by atoms with Gasteiger partial charge >= 0.3 is 0 Å². The average molecular weight is 263 g/mol. The number of hydrogen-bond donors (Lipinski definition) is 1. The molecule has 1 aliphatic rings. The number of rotatable bonds is 6. The highest BCUT2D eigenvalue weighted by atomic mass is 16.5. The van der Waals surface area contributed by atoms with Crippen molar-refractivity contribution in [2.45, 2.75) is 44.6 Å². The summed E-state index contributed by atoms with van der Waals surface area (Å²) < 4.78 is 10.5. The van der Waals surface area contributed by atoms with Gasteiger partial charge < -0.3 is 14.8 Å². The topological polar surface area (TPSA) is 30.5 Å². The van der Waals surface area contributed by atoms with Gasteiger partial charge in [0.25, 0.3) is 0 Å². The Morgan fingerprint density at radius 2 is 1.68 bits per heavy atom. The lowest BCUT2D eigenvalue weighted by Crippen LogP contribution is -2.18. The Morgan fingerprint density at radius 1 is 1.00 bits per heavy atom. The zero-order valence-electron chi connectivity index (χ0n) is 11.9. The van der Waals surface area contributed by atoms with Gasteiger partial charge in [0.2, 0.25) is 0 Å². The minimum absolute atomic E-state index is 0.603. The Bertz CT molecular complexity index is 342. The summed E-state index contributed by atoms with van der Waals surface area (Å²) in [5.74, 6) is 0.906. The molecule has 0 amide bonds. The molecule has 3 heteroatoms. The summed E-state index contributed by atoms with van der Waals surface area (Å²) in [6.07, 6.45) is 8.10.